The van der Waals surface area contributed by atoms with Crippen molar-refractivity contribution in [1.29, 1.82) is 0 Å². The molecule has 76 heavy (non-hydrogen) atoms. The van der Waals surface area contributed by atoms with Gasteiger partial charge in [-0.1, -0.05) is 0 Å². The maximum atomic E-state index is 12.8. The number of anilines is 7. The quantitative estimate of drug-likeness (QED) is 0.0263. The average Bonchev–Trinajstić information content (AvgIpc) is 3.29. The van der Waals surface area contributed by atoms with Gasteiger partial charge in [-0.15, -0.1) is 20.5 Å². The summed E-state index contributed by atoms with van der Waals surface area (Å²) in [6.45, 7) is 1.92. The van der Waals surface area contributed by atoms with Crippen molar-refractivity contribution < 1.29 is 77.4 Å². The largest absolute Gasteiger partial charge is 0.505 e. The summed E-state index contributed by atoms with van der Waals surface area (Å²) in [5, 5.41) is 68.7. The zero-order valence-corrected chi connectivity index (χ0v) is 43.4. The number of rotatable bonds is 22. The lowest BCUT2D eigenvalue weighted by Crippen LogP contribution is -2.37. The summed E-state index contributed by atoms with van der Waals surface area (Å²) in [5.41, 5.74) is 1.31. The molecule has 32 nitrogen and oxygen atoms in total. The van der Waals surface area contributed by atoms with E-state index in [1.54, 1.807) is 0 Å². The van der Waals surface area contributed by atoms with Gasteiger partial charge in [0.2, 0.25) is 34.4 Å². The van der Waals surface area contributed by atoms with Crippen LogP contribution in [-0.4, -0.2) is 159 Å². The van der Waals surface area contributed by atoms with Crippen molar-refractivity contribution in [3.8, 4) is 5.75 Å². The number of azo groups is 2. The fourth-order valence-electron chi connectivity index (χ4n) is 6.86. The molecule has 0 spiro atoms. The minimum atomic E-state index is -5.53. The minimum absolute atomic E-state index is 0.0456. The molecule has 6 aromatic rings. The van der Waals surface area contributed by atoms with Gasteiger partial charge in [0.25, 0.3) is 40.5 Å². The van der Waals surface area contributed by atoms with Crippen LogP contribution in [0.25, 0.3) is 10.8 Å². The first-order chi connectivity index (χ1) is 35.4. The van der Waals surface area contributed by atoms with Crippen molar-refractivity contribution in [3.63, 3.8) is 0 Å². The molecule has 0 aliphatic rings. The lowest BCUT2D eigenvalue weighted by atomic mass is 10.1. The first-order valence-corrected chi connectivity index (χ1v) is 27.5. The molecule has 0 radical (unpaired) electrons. The number of nitrogens with zero attached hydrogens (tertiary/aromatic N) is 12. The molecule has 0 bridgehead atoms. The third kappa shape index (κ3) is 14.4. The first-order valence-electron chi connectivity index (χ1n) is 21.0. The van der Waals surface area contributed by atoms with Crippen molar-refractivity contribution in [3.05, 3.63) is 59.1 Å². The van der Waals surface area contributed by atoms with E-state index in [1.807, 2.05) is 0 Å². The Hall–Kier alpha value is -6.78. The molecule has 0 aliphatic heterocycles. The zero-order chi connectivity index (χ0) is 56.2. The van der Waals surface area contributed by atoms with E-state index in [4.69, 9.17) is 28.9 Å². The summed E-state index contributed by atoms with van der Waals surface area (Å²) in [4.78, 5) is 22.4. The van der Waals surface area contributed by atoms with Gasteiger partial charge >= 0.3 is 0 Å². The molecule has 0 amide bonds. The van der Waals surface area contributed by atoms with Gasteiger partial charge in [0.05, 0.1) is 36.5 Å². The third-order valence-corrected chi connectivity index (χ3v) is 13.7. The van der Waals surface area contributed by atoms with E-state index < -0.39 is 117 Å². The Morgan fingerprint density at radius 1 is 0.579 bits per heavy atom. The second-order valence-electron chi connectivity index (χ2n) is 15.7. The molecule has 2 unspecified atom stereocenters. The second kappa shape index (κ2) is 23.2. The molecule has 13 N–H and O–H groups in total. The topological polar surface area (TPSA) is 502 Å². The number of hydrogen-bond donors (Lipinski definition) is 12. The highest BCUT2D eigenvalue weighted by molar-refractivity contribution is 7.86. The Bertz CT molecular complexity index is 3740. The number of aromatic hydroxyl groups is 1. The maximum absolute atomic E-state index is 12.8. The Morgan fingerprint density at radius 2 is 0.974 bits per heavy atom. The molecule has 0 saturated carbocycles. The highest BCUT2D eigenvalue weighted by Gasteiger charge is 2.29. The van der Waals surface area contributed by atoms with Crippen molar-refractivity contribution >= 4 is 138 Å². The van der Waals surface area contributed by atoms with Gasteiger partial charge in [-0.2, -0.15) is 63.6 Å². The van der Waals surface area contributed by atoms with E-state index in [-0.39, 0.29) is 85.1 Å². The number of aliphatic hydroxyl groups is 4. The Morgan fingerprint density at radius 3 is 1.37 bits per heavy atom. The molecule has 0 fully saturated rings. The summed E-state index contributed by atoms with van der Waals surface area (Å²) >= 11 is 12.2. The third-order valence-electron chi connectivity index (χ3n) is 9.84. The van der Waals surface area contributed by atoms with Crippen LogP contribution in [0.4, 0.5) is 63.6 Å². The van der Waals surface area contributed by atoms with Crippen LogP contribution in [-0.2, 0) is 40.5 Å². The fourth-order valence-corrected chi connectivity index (χ4v) is 9.70. The number of aliphatic hydroxyl groups excluding tert-OH is 4. The lowest BCUT2D eigenvalue weighted by molar-refractivity contribution is 0.177. The summed E-state index contributed by atoms with van der Waals surface area (Å²) in [7, 11) is -21.4. The molecule has 4 aromatic carbocycles. The molecular weight excluding hydrogens is 1140 g/mol. The predicted octanol–water partition coefficient (Wildman–Crippen LogP) is 3.47. The number of fused-ring (bicyclic) bond motifs is 1. The summed E-state index contributed by atoms with van der Waals surface area (Å²) in [6.07, 6.45) is -1.86. The molecule has 2 aromatic heterocycles. The SMILES string of the molecule is CC(O)CN(CC(C)O)c1nc(Cl)nc(Nc2ccc(S(=O)(=O)O)c(N=Nc3c(S(=O)(=O)O)cc4cc(S(=O)(=O)O)c(N=Nc5cc(Nc6nc(Cl)nc(N(CCO)CCO)n6)ccc5S(=O)(=O)O)c(N)c4c3O)c2)n1. The number of hydrogen-bond acceptors (Lipinski definition) is 28. The van der Waals surface area contributed by atoms with Crippen LogP contribution in [0, 0.1) is 0 Å². The van der Waals surface area contributed by atoms with E-state index in [0.717, 1.165) is 36.4 Å². The van der Waals surface area contributed by atoms with E-state index in [1.165, 1.54) is 23.6 Å². The second-order valence-corrected chi connectivity index (χ2v) is 22.0. The zero-order valence-electron chi connectivity index (χ0n) is 38.6. The van der Waals surface area contributed by atoms with Gasteiger partial charge in [-0.3, -0.25) is 18.2 Å². The summed E-state index contributed by atoms with van der Waals surface area (Å²) < 4.78 is 142. The van der Waals surface area contributed by atoms with Gasteiger partial charge in [0, 0.05) is 37.6 Å². The molecule has 0 aliphatic carbocycles. The van der Waals surface area contributed by atoms with Crippen LogP contribution in [0.3, 0.4) is 0 Å². The maximum Gasteiger partial charge on any atom is 0.296 e. The van der Waals surface area contributed by atoms with Crippen LogP contribution >= 0.6 is 23.2 Å². The summed E-state index contributed by atoms with van der Waals surface area (Å²) in [6, 6.07) is 6.58. The van der Waals surface area contributed by atoms with Crippen molar-refractivity contribution in [1.82, 2.24) is 29.9 Å². The van der Waals surface area contributed by atoms with E-state index in [0.29, 0.717) is 12.1 Å². The van der Waals surface area contributed by atoms with Crippen LogP contribution in [0.2, 0.25) is 10.6 Å². The number of phenols is 1. The van der Waals surface area contributed by atoms with Gasteiger partial charge < -0.3 is 51.7 Å². The molecule has 0 saturated heterocycles. The molecule has 2 heterocycles. The molecule has 6 rings (SSSR count). The predicted molar refractivity (Wildman–Crippen MR) is 269 cm³/mol. The van der Waals surface area contributed by atoms with Crippen LogP contribution in [0.15, 0.2) is 88.6 Å². The van der Waals surface area contributed by atoms with Crippen molar-refractivity contribution in [2.75, 3.05) is 65.6 Å². The standard InChI is InChI=1S/C38H41Cl2N15O17S4/c1-17(58)15-55(16-18(2)59)38-47-34(40)45-36(49-38)43-21-4-6-25(74(64,65)66)23(14-21)51-53-31-27(76(70,71)72)12-19-11-26(75(67,68)69)30(29(41)28(19)32(31)60)52-50-22-13-20(3-5-24(22)73(61,62)63)42-35-44-33(39)46-37(48-35)54(7-9-56)8-10-57/h3-6,11-14,17-18,56-60H,7-10,15-16,41H2,1-2H3,(H,61,62,63)(H,64,65,66)(H,67,68,69)(H,70,71,72)(H,42,44,46,48)(H,43,45,47,49). The molecule has 38 heteroatoms. The van der Waals surface area contributed by atoms with Gasteiger partial charge in [0.15, 0.2) is 5.75 Å². The number of aromatic nitrogens is 6. The Kier molecular flexibility index (Phi) is 17.9. The van der Waals surface area contributed by atoms with Crippen molar-refractivity contribution in [2.45, 2.75) is 45.6 Å². The van der Waals surface area contributed by atoms with Crippen LogP contribution in [0.5, 0.6) is 5.75 Å². The van der Waals surface area contributed by atoms with Gasteiger partial charge in [-0.05, 0) is 91.0 Å². The number of phenolic OH excluding ortho intramolecular Hbond substituents is 1. The highest BCUT2D eigenvalue weighted by atomic mass is 35.5. The highest BCUT2D eigenvalue weighted by Crippen LogP contribution is 2.49. The van der Waals surface area contributed by atoms with E-state index in [2.05, 4.69) is 61.0 Å². The van der Waals surface area contributed by atoms with E-state index in [9.17, 15) is 77.4 Å². The van der Waals surface area contributed by atoms with E-state index >= 15 is 0 Å². The number of halogens is 2. The number of nitrogens with one attached hydrogen (secondary N) is 2. The fraction of sp³-hybridized carbons (Fsp3) is 0.263. The lowest BCUT2D eigenvalue weighted by Gasteiger charge is -2.25. The molecule has 408 valence electrons. The number of nitrogen functional groups attached to an aromatic ring is 1. The molecular formula is C38H41Cl2N15O17S4. The van der Waals surface area contributed by atoms with Gasteiger partial charge in [-0.25, -0.2) is 0 Å². The number of benzene rings is 4. The normalized spacial score (nSPS) is 13.4. The van der Waals surface area contributed by atoms with Crippen molar-refractivity contribution in [2.24, 2.45) is 20.5 Å². The van der Waals surface area contributed by atoms with Crippen LogP contribution in [0.1, 0.15) is 13.8 Å². The molecule has 2 atom stereocenters. The average molecular weight is 1180 g/mol. The Balaban J connectivity index is 1.49. The number of nitrogens with two attached hydrogens (primary N) is 1. The van der Waals surface area contributed by atoms with Crippen LogP contribution < -0.4 is 26.2 Å². The monoisotopic (exact) mass is 1180 g/mol. The summed E-state index contributed by atoms with van der Waals surface area (Å²) in [5.74, 6) is -2.16. The minimum Gasteiger partial charge on any atom is -0.505 e. The van der Waals surface area contributed by atoms with Gasteiger partial charge in [0.1, 0.15) is 42.3 Å². The first kappa shape index (κ1) is 58.5. The Labute approximate surface area is 439 Å². The smallest absolute Gasteiger partial charge is 0.296 e.